The minimum Gasteiger partial charge on any atom is -0.377 e. The van der Waals surface area contributed by atoms with Gasteiger partial charge in [-0.05, 0) is 45.7 Å². The lowest BCUT2D eigenvalue weighted by molar-refractivity contribution is 0.0985. The van der Waals surface area contributed by atoms with E-state index < -0.39 is 14.6 Å². The van der Waals surface area contributed by atoms with Crippen molar-refractivity contribution in [3.63, 3.8) is 0 Å². The molecule has 1 N–H and O–H groups in total. The Bertz CT molecular complexity index is 729. The second-order valence-corrected chi connectivity index (χ2v) is 9.91. The maximum absolute atomic E-state index is 13.3. The lowest BCUT2D eigenvalue weighted by Gasteiger charge is -2.38. The van der Waals surface area contributed by atoms with Crippen molar-refractivity contribution in [3.8, 4) is 0 Å². The molecule has 1 aromatic rings. The SMILES string of the molecule is C[C@H]1COCCN1c1cc(C2(S(=O)(=O)C3CC3)CCNCC2)ncn1. The number of nitrogens with one attached hydrogen (secondary N) is 1. The smallest absolute Gasteiger partial charge is 0.164 e. The van der Waals surface area contributed by atoms with Gasteiger partial charge in [-0.1, -0.05) is 0 Å². The van der Waals surface area contributed by atoms with E-state index in [2.05, 4.69) is 27.1 Å². The maximum atomic E-state index is 13.3. The molecule has 138 valence electrons. The lowest BCUT2D eigenvalue weighted by atomic mass is 9.93. The second-order valence-electron chi connectivity index (χ2n) is 7.37. The first-order chi connectivity index (χ1) is 12.0. The molecule has 8 heteroatoms. The van der Waals surface area contributed by atoms with Gasteiger partial charge in [-0.2, -0.15) is 0 Å². The van der Waals surface area contributed by atoms with E-state index in [9.17, 15) is 8.42 Å². The van der Waals surface area contributed by atoms with Gasteiger partial charge in [-0.3, -0.25) is 0 Å². The highest BCUT2D eigenvalue weighted by atomic mass is 32.2. The topological polar surface area (TPSA) is 84.4 Å². The maximum Gasteiger partial charge on any atom is 0.164 e. The van der Waals surface area contributed by atoms with Crippen LogP contribution in [-0.4, -0.2) is 62.5 Å². The quantitative estimate of drug-likeness (QED) is 0.846. The van der Waals surface area contributed by atoms with Crippen molar-refractivity contribution in [2.75, 3.05) is 37.7 Å². The van der Waals surface area contributed by atoms with E-state index in [0.29, 0.717) is 44.8 Å². The second kappa shape index (κ2) is 6.48. The van der Waals surface area contributed by atoms with Gasteiger partial charge in [-0.15, -0.1) is 0 Å². The molecular weight excluding hydrogens is 340 g/mol. The Morgan fingerprint density at radius 2 is 2.04 bits per heavy atom. The van der Waals surface area contributed by atoms with E-state index in [1.165, 1.54) is 6.33 Å². The van der Waals surface area contributed by atoms with Gasteiger partial charge in [-0.25, -0.2) is 18.4 Å². The molecule has 3 aliphatic rings. The number of hydrogen-bond donors (Lipinski definition) is 1. The summed E-state index contributed by atoms with van der Waals surface area (Å²) in [6, 6.07) is 2.13. The van der Waals surface area contributed by atoms with Gasteiger partial charge in [0, 0.05) is 12.6 Å². The largest absolute Gasteiger partial charge is 0.377 e. The fourth-order valence-electron chi connectivity index (χ4n) is 4.04. The molecule has 0 radical (unpaired) electrons. The molecule has 3 heterocycles. The van der Waals surface area contributed by atoms with Crippen LogP contribution in [0.4, 0.5) is 5.82 Å². The standard InChI is InChI=1S/C17H26N4O3S/c1-13-11-24-9-8-21(13)16-10-15(19-12-20-16)17(4-6-18-7-5-17)25(22,23)14-2-3-14/h10,12-14,18H,2-9,11H2,1H3/t13-/m0/s1. The van der Waals surface area contributed by atoms with Gasteiger partial charge in [0.05, 0.1) is 30.2 Å². The number of morpholine rings is 1. The number of hydrogen-bond acceptors (Lipinski definition) is 7. The van der Waals surface area contributed by atoms with Gasteiger partial charge in [0.2, 0.25) is 0 Å². The average Bonchev–Trinajstić information content (AvgIpc) is 3.48. The molecule has 0 amide bonds. The molecule has 1 aromatic heterocycles. The Morgan fingerprint density at radius 3 is 2.72 bits per heavy atom. The third kappa shape index (κ3) is 2.94. The summed E-state index contributed by atoms with van der Waals surface area (Å²) in [4.78, 5) is 11.1. The molecule has 0 aromatic carbocycles. The molecule has 2 aliphatic heterocycles. The van der Waals surface area contributed by atoms with Crippen LogP contribution in [0, 0.1) is 0 Å². The van der Waals surface area contributed by atoms with E-state index in [0.717, 1.165) is 25.2 Å². The third-order valence-electron chi connectivity index (χ3n) is 5.70. The summed E-state index contributed by atoms with van der Waals surface area (Å²) >= 11 is 0. The number of rotatable bonds is 4. The summed E-state index contributed by atoms with van der Waals surface area (Å²) in [5.74, 6) is 0.810. The summed E-state index contributed by atoms with van der Waals surface area (Å²) in [5.41, 5.74) is 0.671. The van der Waals surface area contributed by atoms with E-state index in [1.54, 1.807) is 0 Å². The lowest BCUT2D eigenvalue weighted by Crippen LogP contribution is -2.48. The van der Waals surface area contributed by atoms with Crippen molar-refractivity contribution < 1.29 is 13.2 Å². The van der Waals surface area contributed by atoms with Crippen LogP contribution < -0.4 is 10.2 Å². The first-order valence-corrected chi connectivity index (χ1v) is 10.7. The Balaban J connectivity index is 1.74. The van der Waals surface area contributed by atoms with Crippen molar-refractivity contribution in [3.05, 3.63) is 18.1 Å². The molecule has 1 atom stereocenters. The first-order valence-electron chi connectivity index (χ1n) is 9.16. The Labute approximate surface area is 149 Å². The van der Waals surface area contributed by atoms with Gasteiger partial charge in [0.25, 0.3) is 0 Å². The summed E-state index contributed by atoms with van der Waals surface area (Å²) < 4.78 is 31.2. The number of nitrogens with zero attached hydrogens (tertiary/aromatic N) is 3. The molecule has 2 saturated heterocycles. The summed E-state index contributed by atoms with van der Waals surface area (Å²) in [6.07, 6.45) is 4.27. The molecule has 0 spiro atoms. The zero-order valence-electron chi connectivity index (χ0n) is 14.6. The molecule has 4 rings (SSSR count). The van der Waals surface area contributed by atoms with Crippen LogP contribution in [0.25, 0.3) is 0 Å². The van der Waals surface area contributed by atoms with Crippen molar-refractivity contribution in [2.24, 2.45) is 0 Å². The molecule has 1 saturated carbocycles. The Morgan fingerprint density at radius 1 is 1.28 bits per heavy atom. The van der Waals surface area contributed by atoms with Crippen LogP contribution in [0.3, 0.4) is 0 Å². The van der Waals surface area contributed by atoms with Gasteiger partial charge < -0.3 is 15.0 Å². The van der Waals surface area contributed by atoms with E-state index in [1.807, 2.05) is 6.07 Å². The van der Waals surface area contributed by atoms with E-state index in [4.69, 9.17) is 4.74 Å². The van der Waals surface area contributed by atoms with E-state index >= 15 is 0 Å². The number of aromatic nitrogens is 2. The van der Waals surface area contributed by atoms with Crippen LogP contribution >= 0.6 is 0 Å². The van der Waals surface area contributed by atoms with Gasteiger partial charge >= 0.3 is 0 Å². The molecule has 0 unspecified atom stereocenters. The molecular formula is C17H26N4O3S. The zero-order chi connectivity index (χ0) is 17.5. The minimum atomic E-state index is -3.24. The molecule has 0 bridgehead atoms. The van der Waals surface area contributed by atoms with E-state index in [-0.39, 0.29) is 11.3 Å². The van der Waals surface area contributed by atoms with Crippen LogP contribution in [0.15, 0.2) is 12.4 Å². The summed E-state index contributed by atoms with van der Waals surface area (Å²) in [6.45, 7) is 5.61. The third-order valence-corrected chi connectivity index (χ3v) is 8.76. The highest BCUT2D eigenvalue weighted by Gasteiger charge is 2.54. The highest BCUT2D eigenvalue weighted by Crippen LogP contribution is 2.46. The van der Waals surface area contributed by atoms with Gasteiger partial charge in [0.1, 0.15) is 16.9 Å². The number of sulfone groups is 1. The van der Waals surface area contributed by atoms with Crippen LogP contribution in [0.5, 0.6) is 0 Å². The zero-order valence-corrected chi connectivity index (χ0v) is 15.5. The fourth-order valence-corrected chi connectivity index (χ4v) is 6.61. The molecule has 1 aliphatic carbocycles. The molecule has 25 heavy (non-hydrogen) atoms. The van der Waals surface area contributed by atoms with Crippen molar-refractivity contribution in [1.29, 1.82) is 0 Å². The molecule has 3 fully saturated rings. The normalized spacial score (nSPS) is 27.2. The van der Waals surface area contributed by atoms with Crippen molar-refractivity contribution >= 4 is 15.7 Å². The number of ether oxygens (including phenoxy) is 1. The van der Waals surface area contributed by atoms with Crippen LogP contribution in [0.1, 0.15) is 38.3 Å². The number of anilines is 1. The predicted molar refractivity (Wildman–Crippen MR) is 95.4 cm³/mol. The van der Waals surface area contributed by atoms with Crippen molar-refractivity contribution in [2.45, 2.75) is 48.6 Å². The Kier molecular flexibility index (Phi) is 4.45. The van der Waals surface area contributed by atoms with Crippen LogP contribution in [-0.2, 0) is 19.3 Å². The monoisotopic (exact) mass is 366 g/mol. The predicted octanol–water partition coefficient (Wildman–Crippen LogP) is 0.858. The fraction of sp³-hybridized carbons (Fsp3) is 0.765. The highest BCUT2D eigenvalue weighted by molar-refractivity contribution is 7.93. The number of piperidine rings is 1. The Hall–Kier alpha value is -1.25. The van der Waals surface area contributed by atoms with Crippen molar-refractivity contribution in [1.82, 2.24) is 15.3 Å². The van der Waals surface area contributed by atoms with Crippen LogP contribution in [0.2, 0.25) is 0 Å². The van der Waals surface area contributed by atoms with Gasteiger partial charge in [0.15, 0.2) is 9.84 Å². The molecule has 7 nitrogen and oxygen atoms in total. The average molecular weight is 366 g/mol. The minimum absolute atomic E-state index is 0.189. The summed E-state index contributed by atoms with van der Waals surface area (Å²) in [7, 11) is -3.24. The first kappa shape index (κ1) is 17.2. The summed E-state index contributed by atoms with van der Waals surface area (Å²) in [5, 5.41) is 3.10.